The van der Waals surface area contributed by atoms with Crippen molar-refractivity contribution in [3.63, 3.8) is 0 Å². The lowest BCUT2D eigenvalue weighted by Gasteiger charge is -2.34. The molecule has 148 valence electrons. The number of carbonyl (C=O) groups is 3. The van der Waals surface area contributed by atoms with Crippen molar-refractivity contribution in [2.75, 3.05) is 26.2 Å². The van der Waals surface area contributed by atoms with E-state index in [1.807, 2.05) is 0 Å². The molecular formula is C15H13F6N3O3. The second-order valence-corrected chi connectivity index (χ2v) is 5.70. The maximum Gasteiger partial charge on any atom is 0.417 e. The number of piperazine rings is 1. The van der Waals surface area contributed by atoms with E-state index in [0.717, 1.165) is 9.80 Å². The molecule has 1 aliphatic rings. The van der Waals surface area contributed by atoms with Gasteiger partial charge in [0.1, 0.15) is 0 Å². The molecule has 1 aromatic rings. The summed E-state index contributed by atoms with van der Waals surface area (Å²) in [4.78, 5) is 36.6. The van der Waals surface area contributed by atoms with E-state index < -0.39 is 46.8 Å². The van der Waals surface area contributed by atoms with Crippen LogP contribution in [0.5, 0.6) is 0 Å². The molecule has 1 aromatic carbocycles. The van der Waals surface area contributed by atoms with Crippen molar-refractivity contribution in [1.82, 2.24) is 9.80 Å². The van der Waals surface area contributed by atoms with Gasteiger partial charge in [0.05, 0.1) is 16.7 Å². The van der Waals surface area contributed by atoms with E-state index in [9.17, 15) is 40.7 Å². The molecule has 12 heteroatoms. The Kier molecular flexibility index (Phi) is 5.38. The monoisotopic (exact) mass is 397 g/mol. The molecule has 2 rings (SSSR count). The van der Waals surface area contributed by atoms with Crippen LogP contribution in [-0.2, 0) is 21.9 Å². The molecule has 1 fully saturated rings. The summed E-state index contributed by atoms with van der Waals surface area (Å²) < 4.78 is 77.8. The number of nitrogens with two attached hydrogens (primary N) is 1. The summed E-state index contributed by atoms with van der Waals surface area (Å²) in [5, 5.41) is 0. The molecule has 0 aliphatic carbocycles. The van der Waals surface area contributed by atoms with Gasteiger partial charge in [0, 0.05) is 26.2 Å². The summed E-state index contributed by atoms with van der Waals surface area (Å²) in [6.07, 6.45) is -9.95. The van der Waals surface area contributed by atoms with Gasteiger partial charge in [0.2, 0.25) is 0 Å². The normalized spacial score (nSPS) is 15.6. The molecule has 0 unspecified atom stereocenters. The summed E-state index contributed by atoms with van der Waals surface area (Å²) in [7, 11) is 0. The van der Waals surface area contributed by atoms with Crippen molar-refractivity contribution < 1.29 is 40.7 Å². The SMILES string of the molecule is NC(=O)C(=O)N1CCN(C(=O)c2cc(C(F)(F)F)ccc2C(F)(F)F)CC1. The third-order valence-corrected chi connectivity index (χ3v) is 3.95. The molecule has 0 aromatic heterocycles. The lowest BCUT2D eigenvalue weighted by atomic mass is 10.0. The molecule has 6 nitrogen and oxygen atoms in total. The molecule has 3 amide bonds. The van der Waals surface area contributed by atoms with Gasteiger partial charge in [-0.2, -0.15) is 26.3 Å². The van der Waals surface area contributed by atoms with Crippen LogP contribution < -0.4 is 5.73 Å². The van der Waals surface area contributed by atoms with Gasteiger partial charge in [-0.1, -0.05) is 0 Å². The Morgan fingerprint density at radius 2 is 1.37 bits per heavy atom. The number of hydrogen-bond acceptors (Lipinski definition) is 3. The zero-order chi connectivity index (χ0) is 20.6. The lowest BCUT2D eigenvalue weighted by Crippen LogP contribution is -2.53. The van der Waals surface area contributed by atoms with Crippen molar-refractivity contribution in [3.05, 3.63) is 34.9 Å². The maximum absolute atomic E-state index is 13.1. The Labute approximate surface area is 148 Å². The molecule has 0 spiro atoms. The lowest BCUT2D eigenvalue weighted by molar-refractivity contribution is -0.145. The van der Waals surface area contributed by atoms with Gasteiger partial charge < -0.3 is 15.5 Å². The molecule has 0 saturated carbocycles. The largest absolute Gasteiger partial charge is 0.417 e. The molecule has 0 bridgehead atoms. The van der Waals surface area contributed by atoms with Crippen molar-refractivity contribution in [2.45, 2.75) is 12.4 Å². The van der Waals surface area contributed by atoms with Crippen LogP contribution in [0.25, 0.3) is 0 Å². The van der Waals surface area contributed by atoms with E-state index in [4.69, 9.17) is 5.73 Å². The van der Waals surface area contributed by atoms with E-state index in [1.54, 1.807) is 0 Å². The second kappa shape index (κ2) is 7.08. The number of benzene rings is 1. The Bertz CT molecular complexity index is 767. The molecule has 27 heavy (non-hydrogen) atoms. The minimum Gasteiger partial charge on any atom is -0.361 e. The summed E-state index contributed by atoms with van der Waals surface area (Å²) in [6.45, 7) is -0.890. The van der Waals surface area contributed by atoms with Gasteiger partial charge >= 0.3 is 24.2 Å². The second-order valence-electron chi connectivity index (χ2n) is 5.70. The van der Waals surface area contributed by atoms with Crippen LogP contribution >= 0.6 is 0 Å². The number of amides is 3. The van der Waals surface area contributed by atoms with Gasteiger partial charge in [0.25, 0.3) is 5.91 Å². The van der Waals surface area contributed by atoms with Crippen molar-refractivity contribution in [3.8, 4) is 0 Å². The number of carbonyl (C=O) groups excluding carboxylic acids is 3. The van der Waals surface area contributed by atoms with Gasteiger partial charge in [0.15, 0.2) is 0 Å². The third kappa shape index (κ3) is 4.49. The number of rotatable bonds is 1. The first-order valence-electron chi connectivity index (χ1n) is 7.49. The van der Waals surface area contributed by atoms with E-state index >= 15 is 0 Å². The number of alkyl halides is 6. The summed E-state index contributed by atoms with van der Waals surface area (Å²) in [6, 6.07) is 0.623. The number of hydrogen-bond donors (Lipinski definition) is 1. The fourth-order valence-electron chi connectivity index (χ4n) is 2.58. The van der Waals surface area contributed by atoms with Gasteiger partial charge in [-0.25, -0.2) is 0 Å². The topological polar surface area (TPSA) is 83.7 Å². The maximum atomic E-state index is 13.1. The highest BCUT2D eigenvalue weighted by Gasteiger charge is 2.40. The first-order valence-corrected chi connectivity index (χ1v) is 7.49. The highest BCUT2D eigenvalue weighted by molar-refractivity contribution is 6.34. The van der Waals surface area contributed by atoms with E-state index in [1.165, 1.54) is 0 Å². The average Bonchev–Trinajstić information content (AvgIpc) is 2.58. The highest BCUT2D eigenvalue weighted by Crippen LogP contribution is 2.37. The average molecular weight is 397 g/mol. The zero-order valence-electron chi connectivity index (χ0n) is 13.5. The van der Waals surface area contributed by atoms with E-state index in [0.29, 0.717) is 0 Å². The van der Waals surface area contributed by atoms with Crippen LogP contribution in [0.1, 0.15) is 21.5 Å². The molecular weight excluding hydrogens is 384 g/mol. The first kappa shape index (κ1) is 20.5. The highest BCUT2D eigenvalue weighted by atomic mass is 19.4. The zero-order valence-corrected chi connectivity index (χ0v) is 13.5. The molecule has 1 saturated heterocycles. The predicted octanol–water partition coefficient (Wildman–Crippen LogP) is 1.49. The number of primary amides is 1. The van der Waals surface area contributed by atoms with E-state index in [-0.39, 0.29) is 44.4 Å². The quantitative estimate of drug-likeness (QED) is 0.576. The fourth-order valence-corrected chi connectivity index (χ4v) is 2.58. The van der Waals surface area contributed by atoms with Crippen LogP contribution in [0.4, 0.5) is 26.3 Å². The summed E-state index contributed by atoms with van der Waals surface area (Å²) in [5.74, 6) is -3.50. The standard InChI is InChI=1S/C15H13F6N3O3/c16-14(17,18)8-1-2-10(15(19,20)21)9(7-8)12(26)23-3-5-24(6-4-23)13(27)11(22)25/h1-2,7H,3-6H2,(H2,22,25). The molecule has 0 radical (unpaired) electrons. The summed E-state index contributed by atoms with van der Waals surface area (Å²) >= 11 is 0. The van der Waals surface area contributed by atoms with Gasteiger partial charge in [-0.05, 0) is 18.2 Å². The van der Waals surface area contributed by atoms with Crippen molar-refractivity contribution in [1.29, 1.82) is 0 Å². The molecule has 0 atom stereocenters. The smallest absolute Gasteiger partial charge is 0.361 e. The van der Waals surface area contributed by atoms with Gasteiger partial charge in [-0.3, -0.25) is 14.4 Å². The van der Waals surface area contributed by atoms with Crippen LogP contribution in [0, 0.1) is 0 Å². The van der Waals surface area contributed by atoms with Crippen LogP contribution in [0.2, 0.25) is 0 Å². The van der Waals surface area contributed by atoms with Crippen LogP contribution in [0.3, 0.4) is 0 Å². The Morgan fingerprint density at radius 1 is 0.852 bits per heavy atom. The molecule has 1 aliphatic heterocycles. The van der Waals surface area contributed by atoms with Crippen molar-refractivity contribution in [2.24, 2.45) is 5.73 Å². The first-order chi connectivity index (χ1) is 12.3. The van der Waals surface area contributed by atoms with Crippen LogP contribution in [0.15, 0.2) is 18.2 Å². The van der Waals surface area contributed by atoms with Crippen LogP contribution in [-0.4, -0.2) is 53.7 Å². The number of halogens is 6. The Balaban J connectivity index is 2.30. The molecule has 2 N–H and O–H groups in total. The minimum absolute atomic E-state index is 0.159. The van der Waals surface area contributed by atoms with E-state index in [2.05, 4.69) is 0 Å². The Morgan fingerprint density at radius 3 is 1.81 bits per heavy atom. The predicted molar refractivity (Wildman–Crippen MR) is 78.1 cm³/mol. The summed E-state index contributed by atoms with van der Waals surface area (Å²) in [5.41, 5.74) is 0.826. The fraction of sp³-hybridized carbons (Fsp3) is 0.400. The van der Waals surface area contributed by atoms with Gasteiger partial charge in [-0.15, -0.1) is 0 Å². The minimum atomic E-state index is -5.03. The number of nitrogens with zero attached hydrogens (tertiary/aromatic N) is 2. The molecule has 1 heterocycles. The Hall–Kier alpha value is -2.79. The third-order valence-electron chi connectivity index (χ3n) is 3.95. The van der Waals surface area contributed by atoms with Crippen molar-refractivity contribution >= 4 is 17.7 Å².